The van der Waals surface area contributed by atoms with Gasteiger partial charge < -0.3 is 0 Å². The lowest BCUT2D eigenvalue weighted by atomic mass is 9.84. The van der Waals surface area contributed by atoms with E-state index in [0.717, 1.165) is 15.6 Å². The van der Waals surface area contributed by atoms with Gasteiger partial charge in [-0.2, -0.15) is 5.26 Å². The molecule has 2 heteroatoms. The Hall–Kier alpha value is -0.810. The predicted molar refractivity (Wildman–Crippen MR) is 57.6 cm³/mol. The van der Waals surface area contributed by atoms with E-state index in [1.807, 2.05) is 18.2 Å². The first kappa shape index (κ1) is 10.3. The van der Waals surface area contributed by atoms with Gasteiger partial charge in [-0.15, -0.1) is 0 Å². The highest BCUT2D eigenvalue weighted by Gasteiger charge is 2.18. The van der Waals surface area contributed by atoms with Crippen LogP contribution in [0.25, 0.3) is 0 Å². The first-order valence-corrected chi connectivity index (χ1v) is 4.95. The molecule has 0 radical (unpaired) electrons. The third-order valence-electron chi connectivity index (χ3n) is 1.93. The summed E-state index contributed by atoms with van der Waals surface area (Å²) in [6.45, 7) is 6.32. The Balaban J connectivity index is 3.40. The van der Waals surface area contributed by atoms with E-state index in [1.54, 1.807) is 0 Å². The molecule has 0 aliphatic carbocycles. The van der Waals surface area contributed by atoms with E-state index < -0.39 is 0 Å². The van der Waals surface area contributed by atoms with Crippen LogP contribution in [0.1, 0.15) is 31.9 Å². The summed E-state index contributed by atoms with van der Waals surface area (Å²) < 4.78 is 0.877. The smallest absolute Gasteiger partial charge is 0.101 e. The fourth-order valence-corrected chi connectivity index (χ4v) is 1.72. The molecule has 0 N–H and O–H groups in total. The number of hydrogen-bond acceptors (Lipinski definition) is 1. The minimum absolute atomic E-state index is 0.0227. The van der Waals surface area contributed by atoms with Gasteiger partial charge in [0, 0.05) is 4.47 Å². The van der Waals surface area contributed by atoms with Crippen LogP contribution < -0.4 is 0 Å². The van der Waals surface area contributed by atoms with Crippen molar-refractivity contribution in [3.63, 3.8) is 0 Å². The number of nitriles is 1. The first-order chi connectivity index (χ1) is 5.96. The van der Waals surface area contributed by atoms with Gasteiger partial charge in [0.05, 0.1) is 5.56 Å². The predicted octanol–water partition coefficient (Wildman–Crippen LogP) is 3.62. The standard InChI is InChI=1S/C11H12BrN/c1-11(2,3)9-5-4-6-10(12)8(9)7-13/h4-6H,1-3H3. The molecular weight excluding hydrogens is 226 g/mol. The fourth-order valence-electron chi connectivity index (χ4n) is 1.26. The maximum atomic E-state index is 8.98. The highest BCUT2D eigenvalue weighted by molar-refractivity contribution is 9.10. The van der Waals surface area contributed by atoms with Gasteiger partial charge in [-0.1, -0.05) is 32.9 Å². The van der Waals surface area contributed by atoms with Crippen molar-refractivity contribution < 1.29 is 0 Å². The third-order valence-corrected chi connectivity index (χ3v) is 2.59. The molecule has 1 nitrogen and oxygen atoms in total. The van der Waals surface area contributed by atoms with E-state index in [0.29, 0.717) is 0 Å². The molecule has 0 atom stereocenters. The average molecular weight is 238 g/mol. The third kappa shape index (κ3) is 2.10. The SMILES string of the molecule is CC(C)(C)c1cccc(Br)c1C#N. The number of benzene rings is 1. The zero-order chi connectivity index (χ0) is 10.1. The summed E-state index contributed by atoms with van der Waals surface area (Å²) in [5.74, 6) is 0. The Morgan fingerprint density at radius 1 is 1.31 bits per heavy atom. The van der Waals surface area contributed by atoms with Crippen LogP contribution >= 0.6 is 15.9 Å². The van der Waals surface area contributed by atoms with Crippen molar-refractivity contribution >= 4 is 15.9 Å². The number of halogens is 1. The lowest BCUT2D eigenvalue weighted by molar-refractivity contribution is 0.588. The minimum atomic E-state index is 0.0227. The normalized spacial score (nSPS) is 11.0. The number of rotatable bonds is 0. The summed E-state index contributed by atoms with van der Waals surface area (Å²) in [6, 6.07) is 8.09. The first-order valence-electron chi connectivity index (χ1n) is 4.16. The molecule has 0 aliphatic heterocycles. The second-order valence-electron chi connectivity index (χ2n) is 4.02. The summed E-state index contributed by atoms with van der Waals surface area (Å²) in [5.41, 5.74) is 1.86. The van der Waals surface area contributed by atoms with E-state index in [1.165, 1.54) is 0 Å². The molecule has 13 heavy (non-hydrogen) atoms. The maximum Gasteiger partial charge on any atom is 0.101 e. The highest BCUT2D eigenvalue weighted by Crippen LogP contribution is 2.29. The van der Waals surface area contributed by atoms with Crippen LogP contribution in [0, 0.1) is 11.3 Å². The van der Waals surface area contributed by atoms with Crippen LogP contribution in [0.5, 0.6) is 0 Å². The summed E-state index contributed by atoms with van der Waals surface area (Å²) >= 11 is 3.38. The molecule has 0 saturated carbocycles. The molecule has 0 spiro atoms. The van der Waals surface area contributed by atoms with Crippen molar-refractivity contribution in [1.29, 1.82) is 5.26 Å². The molecule has 1 aromatic rings. The van der Waals surface area contributed by atoms with Gasteiger partial charge in [-0.25, -0.2) is 0 Å². The van der Waals surface area contributed by atoms with Crippen LogP contribution in [0.4, 0.5) is 0 Å². The Morgan fingerprint density at radius 2 is 1.92 bits per heavy atom. The summed E-state index contributed by atoms with van der Waals surface area (Å²) in [7, 11) is 0. The van der Waals surface area contributed by atoms with E-state index in [9.17, 15) is 0 Å². The van der Waals surface area contributed by atoms with E-state index >= 15 is 0 Å². The Kier molecular flexibility index (Phi) is 2.77. The van der Waals surface area contributed by atoms with Crippen LogP contribution in [-0.4, -0.2) is 0 Å². The Morgan fingerprint density at radius 3 is 2.31 bits per heavy atom. The van der Waals surface area contributed by atoms with Gasteiger partial charge >= 0.3 is 0 Å². The molecule has 1 rings (SSSR count). The monoisotopic (exact) mass is 237 g/mol. The molecule has 0 heterocycles. The lowest BCUT2D eigenvalue weighted by Crippen LogP contribution is -2.13. The van der Waals surface area contributed by atoms with Gasteiger partial charge in [0.25, 0.3) is 0 Å². The zero-order valence-electron chi connectivity index (χ0n) is 8.06. The van der Waals surface area contributed by atoms with E-state index in [4.69, 9.17) is 5.26 Å². The molecule has 0 amide bonds. The fraction of sp³-hybridized carbons (Fsp3) is 0.364. The molecule has 1 aromatic carbocycles. The number of hydrogen-bond donors (Lipinski definition) is 0. The number of nitrogens with zero attached hydrogens (tertiary/aromatic N) is 1. The molecule has 0 aliphatic rings. The summed E-state index contributed by atoms with van der Waals surface area (Å²) in [5, 5.41) is 8.98. The van der Waals surface area contributed by atoms with Crippen LogP contribution in [0.3, 0.4) is 0 Å². The molecule has 68 valence electrons. The lowest BCUT2D eigenvalue weighted by Gasteiger charge is -2.20. The molecule has 0 aromatic heterocycles. The second kappa shape index (κ2) is 3.51. The van der Waals surface area contributed by atoms with Gasteiger partial charge in [-0.05, 0) is 33.0 Å². The van der Waals surface area contributed by atoms with Crippen molar-refractivity contribution in [1.82, 2.24) is 0 Å². The van der Waals surface area contributed by atoms with Crippen LogP contribution in [0.2, 0.25) is 0 Å². The quantitative estimate of drug-likeness (QED) is 0.677. The maximum absolute atomic E-state index is 8.98. The van der Waals surface area contributed by atoms with Crippen LogP contribution in [-0.2, 0) is 5.41 Å². The molecule has 0 bridgehead atoms. The molecule has 0 unspecified atom stereocenters. The second-order valence-corrected chi connectivity index (χ2v) is 4.88. The van der Waals surface area contributed by atoms with Crippen LogP contribution in [0.15, 0.2) is 22.7 Å². The van der Waals surface area contributed by atoms with Gasteiger partial charge in [-0.3, -0.25) is 0 Å². The largest absolute Gasteiger partial charge is 0.192 e. The van der Waals surface area contributed by atoms with Gasteiger partial charge in [0.1, 0.15) is 6.07 Å². The average Bonchev–Trinajstić information content (AvgIpc) is 2.02. The van der Waals surface area contributed by atoms with Crippen molar-refractivity contribution in [2.75, 3.05) is 0 Å². The topological polar surface area (TPSA) is 23.8 Å². The van der Waals surface area contributed by atoms with E-state index in [-0.39, 0.29) is 5.41 Å². The van der Waals surface area contributed by atoms with Gasteiger partial charge in [0.15, 0.2) is 0 Å². The van der Waals surface area contributed by atoms with Crippen molar-refractivity contribution in [3.8, 4) is 6.07 Å². The van der Waals surface area contributed by atoms with E-state index in [2.05, 4.69) is 42.8 Å². The summed E-state index contributed by atoms with van der Waals surface area (Å²) in [4.78, 5) is 0. The Labute approximate surface area is 87.5 Å². The van der Waals surface area contributed by atoms with Crippen molar-refractivity contribution in [3.05, 3.63) is 33.8 Å². The molecule has 0 fully saturated rings. The molecular formula is C11H12BrN. The Bertz CT molecular complexity index is 355. The zero-order valence-corrected chi connectivity index (χ0v) is 9.64. The molecule has 0 saturated heterocycles. The highest BCUT2D eigenvalue weighted by atomic mass is 79.9. The van der Waals surface area contributed by atoms with Crippen molar-refractivity contribution in [2.24, 2.45) is 0 Å². The minimum Gasteiger partial charge on any atom is -0.192 e. The van der Waals surface area contributed by atoms with Gasteiger partial charge in [0.2, 0.25) is 0 Å². The summed E-state index contributed by atoms with van der Waals surface area (Å²) in [6.07, 6.45) is 0. The van der Waals surface area contributed by atoms with Crippen molar-refractivity contribution in [2.45, 2.75) is 26.2 Å².